The van der Waals surface area contributed by atoms with Gasteiger partial charge in [-0.15, -0.1) is 0 Å². The molecule has 1 aliphatic rings. The third-order valence-corrected chi connectivity index (χ3v) is 4.05. The van der Waals surface area contributed by atoms with Crippen LogP contribution in [0.5, 0.6) is 5.88 Å². The summed E-state index contributed by atoms with van der Waals surface area (Å²) in [5, 5.41) is 0. The van der Waals surface area contributed by atoms with Gasteiger partial charge in [-0.1, -0.05) is 0 Å². The molecular weight excluding hydrogens is 280 g/mol. The zero-order valence-corrected chi connectivity index (χ0v) is 13.2. The first-order chi connectivity index (χ1) is 10.7. The second kappa shape index (κ2) is 6.87. The number of hydrogen-bond acceptors (Lipinski definition) is 6. The summed E-state index contributed by atoms with van der Waals surface area (Å²) in [6.07, 6.45) is 7.38. The first-order valence-electron chi connectivity index (χ1n) is 7.74. The molecule has 3 rings (SSSR count). The van der Waals surface area contributed by atoms with E-state index in [1.807, 2.05) is 13.8 Å². The molecule has 0 amide bonds. The zero-order chi connectivity index (χ0) is 15.4. The smallest absolute Gasteiger partial charge is 0.235 e. The van der Waals surface area contributed by atoms with E-state index < -0.39 is 0 Å². The quantitative estimate of drug-likeness (QED) is 0.845. The van der Waals surface area contributed by atoms with Crippen molar-refractivity contribution in [3.8, 4) is 5.88 Å². The average Bonchev–Trinajstić information content (AvgIpc) is 2.93. The van der Waals surface area contributed by atoms with Gasteiger partial charge in [0.15, 0.2) is 5.89 Å². The van der Waals surface area contributed by atoms with Crippen molar-refractivity contribution in [1.82, 2.24) is 19.9 Å². The van der Waals surface area contributed by atoms with Crippen molar-refractivity contribution in [2.75, 3.05) is 19.7 Å². The van der Waals surface area contributed by atoms with Crippen LogP contribution < -0.4 is 4.74 Å². The van der Waals surface area contributed by atoms with E-state index in [0.717, 1.165) is 56.4 Å². The molecule has 1 fully saturated rings. The van der Waals surface area contributed by atoms with E-state index in [4.69, 9.17) is 9.15 Å². The summed E-state index contributed by atoms with van der Waals surface area (Å²) in [6, 6.07) is 0. The lowest BCUT2D eigenvalue weighted by Crippen LogP contribution is -2.35. The third kappa shape index (κ3) is 3.82. The molecule has 0 aromatic carbocycles. The van der Waals surface area contributed by atoms with Gasteiger partial charge in [-0.05, 0) is 38.8 Å². The lowest BCUT2D eigenvalue weighted by atomic mass is 9.98. The maximum Gasteiger partial charge on any atom is 0.235 e. The van der Waals surface area contributed by atoms with Gasteiger partial charge in [-0.3, -0.25) is 9.88 Å². The first-order valence-corrected chi connectivity index (χ1v) is 7.74. The maximum absolute atomic E-state index is 5.81. The number of likely N-dealkylation sites (tertiary alicyclic amines) is 1. The van der Waals surface area contributed by atoms with E-state index in [9.17, 15) is 0 Å². The van der Waals surface area contributed by atoms with Crippen LogP contribution in [0.4, 0.5) is 0 Å². The molecule has 6 nitrogen and oxygen atoms in total. The van der Waals surface area contributed by atoms with Crippen molar-refractivity contribution in [3.05, 3.63) is 35.9 Å². The molecular formula is C16H22N4O2. The molecule has 1 aliphatic heterocycles. The van der Waals surface area contributed by atoms with Crippen LogP contribution in [-0.4, -0.2) is 39.5 Å². The highest BCUT2D eigenvalue weighted by atomic mass is 16.5. The number of piperidine rings is 1. The highest BCUT2D eigenvalue weighted by molar-refractivity contribution is 5.14. The van der Waals surface area contributed by atoms with Crippen LogP contribution in [-0.2, 0) is 6.54 Å². The molecule has 1 saturated heterocycles. The lowest BCUT2D eigenvalue weighted by molar-refractivity contribution is 0.133. The van der Waals surface area contributed by atoms with Crippen molar-refractivity contribution < 1.29 is 9.15 Å². The summed E-state index contributed by atoms with van der Waals surface area (Å²) >= 11 is 0. The molecule has 2 aromatic heterocycles. The molecule has 0 unspecified atom stereocenters. The van der Waals surface area contributed by atoms with E-state index in [0.29, 0.717) is 11.8 Å². The molecule has 0 atom stereocenters. The fourth-order valence-corrected chi connectivity index (χ4v) is 2.75. The molecule has 118 valence electrons. The summed E-state index contributed by atoms with van der Waals surface area (Å²) in [5.41, 5.74) is 1.86. The van der Waals surface area contributed by atoms with Crippen molar-refractivity contribution in [2.24, 2.45) is 5.92 Å². The number of aryl methyl sites for hydroxylation is 2. The Kier molecular flexibility index (Phi) is 4.68. The van der Waals surface area contributed by atoms with Gasteiger partial charge in [0.1, 0.15) is 6.26 Å². The van der Waals surface area contributed by atoms with Crippen LogP contribution in [0.3, 0.4) is 0 Å². The minimum absolute atomic E-state index is 0.580. The monoisotopic (exact) mass is 302 g/mol. The number of oxazole rings is 1. The normalized spacial score (nSPS) is 16.8. The molecule has 0 aliphatic carbocycles. The van der Waals surface area contributed by atoms with Crippen LogP contribution >= 0.6 is 0 Å². The molecule has 6 heteroatoms. The molecule has 22 heavy (non-hydrogen) atoms. The summed E-state index contributed by atoms with van der Waals surface area (Å²) in [5.74, 6) is 1.97. The van der Waals surface area contributed by atoms with Crippen LogP contribution in [0.15, 0.2) is 23.1 Å². The minimum Gasteiger partial charge on any atom is -0.476 e. The van der Waals surface area contributed by atoms with Gasteiger partial charge in [0.2, 0.25) is 5.88 Å². The highest BCUT2D eigenvalue weighted by Crippen LogP contribution is 2.20. The fourth-order valence-electron chi connectivity index (χ4n) is 2.75. The van der Waals surface area contributed by atoms with Gasteiger partial charge in [0.25, 0.3) is 0 Å². The molecule has 0 bridgehead atoms. The van der Waals surface area contributed by atoms with Crippen molar-refractivity contribution in [2.45, 2.75) is 33.2 Å². The van der Waals surface area contributed by atoms with Gasteiger partial charge < -0.3 is 9.15 Å². The van der Waals surface area contributed by atoms with Gasteiger partial charge >= 0.3 is 0 Å². The Hall–Kier alpha value is -1.95. The van der Waals surface area contributed by atoms with E-state index in [1.54, 1.807) is 18.7 Å². The Bertz CT molecular complexity index is 606. The summed E-state index contributed by atoms with van der Waals surface area (Å²) in [4.78, 5) is 15.2. The lowest BCUT2D eigenvalue weighted by Gasteiger charge is -2.31. The summed E-state index contributed by atoms with van der Waals surface area (Å²) in [6.45, 7) is 7.52. The minimum atomic E-state index is 0.580. The second-order valence-electron chi connectivity index (χ2n) is 5.84. The van der Waals surface area contributed by atoms with E-state index in [2.05, 4.69) is 19.9 Å². The van der Waals surface area contributed by atoms with Crippen molar-refractivity contribution >= 4 is 0 Å². The summed E-state index contributed by atoms with van der Waals surface area (Å²) < 4.78 is 11.1. The molecule has 0 radical (unpaired) electrons. The van der Waals surface area contributed by atoms with E-state index in [-0.39, 0.29) is 0 Å². The fraction of sp³-hybridized carbons (Fsp3) is 0.562. The van der Waals surface area contributed by atoms with E-state index >= 15 is 0 Å². The van der Waals surface area contributed by atoms with E-state index in [1.165, 1.54) is 0 Å². The molecule has 0 spiro atoms. The highest BCUT2D eigenvalue weighted by Gasteiger charge is 2.21. The Morgan fingerprint density at radius 1 is 1.23 bits per heavy atom. The first kappa shape index (κ1) is 15.0. The Labute approximate surface area is 130 Å². The van der Waals surface area contributed by atoms with Crippen LogP contribution in [0.25, 0.3) is 0 Å². The Morgan fingerprint density at radius 2 is 2.00 bits per heavy atom. The van der Waals surface area contributed by atoms with Crippen molar-refractivity contribution in [1.29, 1.82) is 0 Å². The average molecular weight is 302 g/mol. The summed E-state index contributed by atoms with van der Waals surface area (Å²) in [7, 11) is 0. The van der Waals surface area contributed by atoms with Crippen molar-refractivity contribution in [3.63, 3.8) is 0 Å². The molecule has 0 saturated carbocycles. The SMILES string of the molecule is Cc1nc(CN2CCC(COc3nccnc3C)CC2)co1. The molecule has 2 aromatic rings. The number of ether oxygens (including phenoxy) is 1. The number of hydrogen-bond donors (Lipinski definition) is 0. The van der Waals surface area contributed by atoms with Gasteiger partial charge in [0.05, 0.1) is 18.0 Å². The maximum atomic E-state index is 5.81. The predicted octanol–water partition coefficient (Wildman–Crippen LogP) is 2.37. The van der Waals surface area contributed by atoms with Gasteiger partial charge in [-0.2, -0.15) is 0 Å². The van der Waals surface area contributed by atoms with Crippen LogP contribution in [0, 0.1) is 19.8 Å². The third-order valence-electron chi connectivity index (χ3n) is 4.05. The molecule has 3 heterocycles. The van der Waals surface area contributed by atoms with Crippen LogP contribution in [0.2, 0.25) is 0 Å². The number of nitrogens with zero attached hydrogens (tertiary/aromatic N) is 4. The second-order valence-corrected chi connectivity index (χ2v) is 5.84. The Morgan fingerprint density at radius 3 is 2.68 bits per heavy atom. The zero-order valence-electron chi connectivity index (χ0n) is 13.2. The van der Waals surface area contributed by atoms with Gasteiger partial charge in [-0.25, -0.2) is 9.97 Å². The molecule has 0 N–H and O–H groups in total. The number of aromatic nitrogens is 3. The number of rotatable bonds is 5. The van der Waals surface area contributed by atoms with Crippen LogP contribution in [0.1, 0.15) is 30.1 Å². The topological polar surface area (TPSA) is 64.3 Å². The van der Waals surface area contributed by atoms with Gasteiger partial charge in [0, 0.05) is 25.9 Å². The largest absolute Gasteiger partial charge is 0.476 e. The standard InChI is InChI=1S/C16H22N4O2/c1-12-16(18-6-5-17-12)22-10-14-3-7-20(8-4-14)9-15-11-21-13(2)19-15/h5-6,11,14H,3-4,7-10H2,1-2H3. The Balaban J connectivity index is 1.43. The predicted molar refractivity (Wildman–Crippen MR) is 81.5 cm³/mol.